The van der Waals surface area contributed by atoms with Gasteiger partial charge in [0.1, 0.15) is 0 Å². The highest BCUT2D eigenvalue weighted by Crippen LogP contribution is 2.09. The molecule has 1 atom stereocenters. The van der Waals surface area contributed by atoms with Gasteiger partial charge in [-0.05, 0) is 18.9 Å². The molecule has 2 nitrogen and oxygen atoms in total. The fourth-order valence-electron chi connectivity index (χ4n) is 2.58. The Morgan fingerprint density at radius 2 is 1.62 bits per heavy atom. The van der Waals surface area contributed by atoms with E-state index in [9.17, 15) is 4.79 Å². The van der Waals surface area contributed by atoms with E-state index in [2.05, 4.69) is 24.1 Å². The third kappa shape index (κ3) is 10.1. The third-order valence-electron chi connectivity index (χ3n) is 4.18. The minimum absolute atomic E-state index is 0.0160. The summed E-state index contributed by atoms with van der Waals surface area (Å²) in [5.41, 5.74) is 1.12. The van der Waals surface area contributed by atoms with Crippen molar-refractivity contribution in [3.8, 4) is 11.8 Å². The lowest BCUT2D eigenvalue weighted by Crippen LogP contribution is -2.27. The maximum atomic E-state index is 12.0. The summed E-state index contributed by atoms with van der Waals surface area (Å²) in [6.45, 7) is 4.70. The molecule has 0 spiro atoms. The highest BCUT2D eigenvalue weighted by Gasteiger charge is 2.08. The molecule has 0 fully saturated rings. The monoisotopic (exact) mass is 327 g/mol. The van der Waals surface area contributed by atoms with Crippen LogP contribution < -0.4 is 5.32 Å². The van der Waals surface area contributed by atoms with Crippen LogP contribution in [0, 0.1) is 17.8 Å². The van der Waals surface area contributed by atoms with Crippen molar-refractivity contribution < 1.29 is 4.79 Å². The van der Waals surface area contributed by atoms with Gasteiger partial charge in [0.2, 0.25) is 5.91 Å². The predicted octanol–water partition coefficient (Wildman–Crippen LogP) is 5.47. The SMILES string of the molecule is CCCCCCCCCCC#CC(C)C(=O)NCc1ccccc1. The van der Waals surface area contributed by atoms with Gasteiger partial charge in [0.25, 0.3) is 0 Å². The smallest absolute Gasteiger partial charge is 0.235 e. The average molecular weight is 328 g/mol. The van der Waals surface area contributed by atoms with Crippen molar-refractivity contribution in [2.75, 3.05) is 0 Å². The largest absolute Gasteiger partial charge is 0.351 e. The van der Waals surface area contributed by atoms with E-state index >= 15 is 0 Å². The van der Waals surface area contributed by atoms with Crippen molar-refractivity contribution in [1.29, 1.82) is 0 Å². The Morgan fingerprint density at radius 3 is 2.29 bits per heavy atom. The van der Waals surface area contributed by atoms with Crippen LogP contribution >= 0.6 is 0 Å². The summed E-state index contributed by atoms with van der Waals surface area (Å²) in [4.78, 5) is 12.0. The second-order valence-electron chi connectivity index (χ2n) is 6.47. The maximum Gasteiger partial charge on any atom is 0.235 e. The minimum Gasteiger partial charge on any atom is -0.351 e. The predicted molar refractivity (Wildman–Crippen MR) is 102 cm³/mol. The van der Waals surface area contributed by atoms with Crippen LogP contribution in [0.1, 0.15) is 77.2 Å². The van der Waals surface area contributed by atoms with Gasteiger partial charge in [-0.2, -0.15) is 0 Å². The maximum absolute atomic E-state index is 12.0. The summed E-state index contributed by atoms with van der Waals surface area (Å²) in [6, 6.07) is 9.96. The van der Waals surface area contributed by atoms with Crippen LogP contribution in [0.3, 0.4) is 0 Å². The van der Waals surface area contributed by atoms with Gasteiger partial charge < -0.3 is 5.32 Å². The first-order valence-electron chi connectivity index (χ1n) is 9.54. The van der Waals surface area contributed by atoms with Gasteiger partial charge in [-0.15, -0.1) is 5.92 Å². The fourth-order valence-corrected chi connectivity index (χ4v) is 2.58. The van der Waals surface area contributed by atoms with Crippen LogP contribution in [0.2, 0.25) is 0 Å². The first-order valence-corrected chi connectivity index (χ1v) is 9.54. The number of nitrogens with one attached hydrogen (secondary N) is 1. The van der Waals surface area contributed by atoms with Crippen molar-refractivity contribution in [3.63, 3.8) is 0 Å². The standard InChI is InChI=1S/C22H33NO/c1-3-4-5-6-7-8-9-10-11-13-16-20(2)22(24)23-19-21-17-14-12-15-18-21/h12,14-15,17-18,20H,3-11,19H2,1-2H3,(H,23,24). The molecule has 0 bridgehead atoms. The summed E-state index contributed by atoms with van der Waals surface area (Å²) in [6.07, 6.45) is 11.4. The quantitative estimate of drug-likeness (QED) is 0.423. The molecular weight excluding hydrogens is 294 g/mol. The van der Waals surface area contributed by atoms with Crippen molar-refractivity contribution in [2.45, 2.75) is 78.2 Å². The molecule has 0 heterocycles. The minimum atomic E-state index is -0.234. The van der Waals surface area contributed by atoms with Crippen molar-refractivity contribution in [1.82, 2.24) is 5.32 Å². The number of hydrogen-bond acceptors (Lipinski definition) is 1. The van der Waals surface area contributed by atoms with E-state index in [0.717, 1.165) is 18.4 Å². The van der Waals surface area contributed by atoms with Gasteiger partial charge in [-0.1, -0.05) is 88.1 Å². The van der Waals surface area contributed by atoms with Crippen LogP contribution in [-0.4, -0.2) is 5.91 Å². The molecule has 0 saturated heterocycles. The Labute approximate surface area is 148 Å². The second kappa shape index (κ2) is 13.7. The Bertz CT molecular complexity index is 498. The molecule has 0 aliphatic heterocycles. The highest BCUT2D eigenvalue weighted by atomic mass is 16.1. The molecule has 2 heteroatoms. The van der Waals surface area contributed by atoms with Crippen LogP contribution in [0.15, 0.2) is 30.3 Å². The van der Waals surface area contributed by atoms with Gasteiger partial charge in [0.15, 0.2) is 0 Å². The molecule has 0 aliphatic rings. The molecule has 1 unspecified atom stereocenters. The molecule has 1 aromatic rings. The Morgan fingerprint density at radius 1 is 1.00 bits per heavy atom. The lowest BCUT2D eigenvalue weighted by atomic mass is 10.1. The van der Waals surface area contributed by atoms with Crippen molar-refractivity contribution in [2.24, 2.45) is 5.92 Å². The molecular formula is C22H33NO. The Kier molecular flexibility index (Phi) is 11.6. The number of benzene rings is 1. The van der Waals surface area contributed by atoms with E-state index in [0.29, 0.717) is 6.54 Å². The fraction of sp³-hybridized carbons (Fsp3) is 0.591. The van der Waals surface area contributed by atoms with E-state index in [4.69, 9.17) is 0 Å². The average Bonchev–Trinajstić information content (AvgIpc) is 2.62. The highest BCUT2D eigenvalue weighted by molar-refractivity contribution is 5.81. The normalized spacial score (nSPS) is 11.4. The van der Waals surface area contributed by atoms with Crippen molar-refractivity contribution in [3.05, 3.63) is 35.9 Å². The zero-order valence-electron chi connectivity index (χ0n) is 15.4. The zero-order valence-corrected chi connectivity index (χ0v) is 15.4. The molecule has 0 radical (unpaired) electrons. The Balaban J connectivity index is 2.06. The number of carbonyl (C=O) groups is 1. The molecule has 24 heavy (non-hydrogen) atoms. The van der Waals surface area contributed by atoms with E-state index < -0.39 is 0 Å². The lowest BCUT2D eigenvalue weighted by molar-refractivity contribution is -0.123. The van der Waals surface area contributed by atoms with E-state index in [1.807, 2.05) is 37.3 Å². The summed E-state index contributed by atoms with van der Waals surface area (Å²) >= 11 is 0. The molecule has 1 N–H and O–H groups in total. The summed E-state index contributed by atoms with van der Waals surface area (Å²) in [5.74, 6) is 6.02. The van der Waals surface area contributed by atoms with Crippen LogP contribution in [0.4, 0.5) is 0 Å². The molecule has 0 aliphatic carbocycles. The molecule has 1 amide bonds. The van der Waals surface area contributed by atoms with E-state index in [1.165, 1.54) is 44.9 Å². The molecule has 1 aromatic carbocycles. The first kappa shape index (κ1) is 20.3. The summed E-state index contributed by atoms with van der Waals surface area (Å²) in [7, 11) is 0. The Hall–Kier alpha value is -1.75. The number of carbonyl (C=O) groups excluding carboxylic acids is 1. The first-order chi connectivity index (χ1) is 11.7. The summed E-state index contributed by atoms with van der Waals surface area (Å²) in [5, 5.41) is 2.94. The number of rotatable bonds is 11. The number of unbranched alkanes of at least 4 members (excludes halogenated alkanes) is 8. The molecule has 1 rings (SSSR count). The number of hydrogen-bond donors (Lipinski definition) is 1. The molecule has 132 valence electrons. The van der Waals surface area contributed by atoms with Crippen molar-refractivity contribution >= 4 is 5.91 Å². The summed E-state index contributed by atoms with van der Waals surface area (Å²) < 4.78 is 0. The molecule has 0 aromatic heterocycles. The molecule has 0 saturated carbocycles. The zero-order chi connectivity index (χ0) is 17.5. The van der Waals surface area contributed by atoms with E-state index in [-0.39, 0.29) is 11.8 Å². The second-order valence-corrected chi connectivity index (χ2v) is 6.47. The van der Waals surface area contributed by atoms with Gasteiger partial charge in [0.05, 0.1) is 5.92 Å². The van der Waals surface area contributed by atoms with Crippen LogP contribution in [-0.2, 0) is 11.3 Å². The van der Waals surface area contributed by atoms with E-state index in [1.54, 1.807) is 0 Å². The number of amides is 1. The van der Waals surface area contributed by atoms with Gasteiger partial charge in [-0.3, -0.25) is 4.79 Å². The van der Waals surface area contributed by atoms with Crippen LogP contribution in [0.5, 0.6) is 0 Å². The van der Waals surface area contributed by atoms with Gasteiger partial charge >= 0.3 is 0 Å². The topological polar surface area (TPSA) is 29.1 Å². The van der Waals surface area contributed by atoms with Crippen LogP contribution in [0.25, 0.3) is 0 Å². The van der Waals surface area contributed by atoms with Gasteiger partial charge in [0, 0.05) is 13.0 Å². The lowest BCUT2D eigenvalue weighted by Gasteiger charge is -2.07. The van der Waals surface area contributed by atoms with Gasteiger partial charge in [-0.25, -0.2) is 0 Å². The third-order valence-corrected chi connectivity index (χ3v) is 4.18.